The SMILES string of the molecule is CC(C)C[C@H](NC(=O)[C@H](CCCN=C(N)N)NC(=O)[C@@H]1CCCN1C(=O)[C@@H](N)Cc1cnc[nH]1)C(=O)N[C@@H](CCC(=O)O)C(=O)N1CCC[C@H]1C(=O)O. The quantitative estimate of drug-likeness (QED) is 0.0388. The summed E-state index contributed by atoms with van der Waals surface area (Å²) in [4.78, 5) is 104. The molecule has 0 spiro atoms. The van der Waals surface area contributed by atoms with E-state index in [1.165, 1.54) is 11.2 Å². The lowest BCUT2D eigenvalue weighted by molar-refractivity contribution is -0.150. The number of aliphatic carboxylic acids is 2. The van der Waals surface area contributed by atoms with E-state index in [-0.39, 0.29) is 70.0 Å². The molecule has 20 nitrogen and oxygen atoms in total. The number of rotatable bonds is 20. The molecule has 0 aromatic carbocycles. The van der Waals surface area contributed by atoms with Gasteiger partial charge >= 0.3 is 11.9 Å². The van der Waals surface area contributed by atoms with Gasteiger partial charge in [0.2, 0.25) is 29.5 Å². The van der Waals surface area contributed by atoms with E-state index in [2.05, 4.69) is 30.9 Å². The van der Waals surface area contributed by atoms with Crippen molar-refractivity contribution in [3.63, 3.8) is 0 Å². The monoisotopic (exact) mass is 747 g/mol. The second-order valence-corrected chi connectivity index (χ2v) is 13.8. The Kier molecular flexibility index (Phi) is 16.0. The molecule has 2 fully saturated rings. The van der Waals surface area contributed by atoms with Gasteiger partial charge in [-0.25, -0.2) is 9.78 Å². The molecule has 2 aliphatic rings. The van der Waals surface area contributed by atoms with Gasteiger partial charge in [-0.3, -0.25) is 33.8 Å². The molecule has 294 valence electrons. The molecule has 0 unspecified atom stereocenters. The van der Waals surface area contributed by atoms with Crippen molar-refractivity contribution in [1.82, 2.24) is 35.7 Å². The van der Waals surface area contributed by atoms with E-state index in [0.717, 1.165) is 4.90 Å². The zero-order valence-corrected chi connectivity index (χ0v) is 30.2. The normalized spacial score (nSPS) is 19.2. The van der Waals surface area contributed by atoms with Crippen LogP contribution in [0.2, 0.25) is 0 Å². The number of H-pyrrole nitrogens is 1. The Morgan fingerprint density at radius 1 is 0.906 bits per heavy atom. The van der Waals surface area contributed by atoms with Gasteiger partial charge in [-0.2, -0.15) is 0 Å². The van der Waals surface area contributed by atoms with Gasteiger partial charge in [0.1, 0.15) is 30.2 Å². The van der Waals surface area contributed by atoms with Crippen LogP contribution >= 0.6 is 0 Å². The summed E-state index contributed by atoms with van der Waals surface area (Å²) >= 11 is 0. The maximum atomic E-state index is 13.9. The van der Waals surface area contributed by atoms with Crippen molar-refractivity contribution in [2.45, 2.75) is 114 Å². The first-order chi connectivity index (χ1) is 25.1. The van der Waals surface area contributed by atoms with E-state index in [4.69, 9.17) is 17.2 Å². The summed E-state index contributed by atoms with van der Waals surface area (Å²) in [7, 11) is 0. The van der Waals surface area contributed by atoms with E-state index < -0.39 is 84.1 Å². The van der Waals surface area contributed by atoms with E-state index in [1.54, 1.807) is 20.0 Å². The average molecular weight is 748 g/mol. The average Bonchev–Trinajstić information content (AvgIpc) is 3.89. The molecule has 2 saturated heterocycles. The second kappa shape index (κ2) is 20.1. The van der Waals surface area contributed by atoms with Gasteiger partial charge in [0.15, 0.2) is 5.96 Å². The van der Waals surface area contributed by atoms with Crippen molar-refractivity contribution in [2.75, 3.05) is 19.6 Å². The Morgan fingerprint density at radius 3 is 2.11 bits per heavy atom. The van der Waals surface area contributed by atoms with E-state index in [0.29, 0.717) is 25.0 Å². The smallest absolute Gasteiger partial charge is 0.326 e. The number of carbonyl (C=O) groups excluding carboxylic acids is 5. The minimum absolute atomic E-state index is 0.0512. The molecular weight excluding hydrogens is 694 g/mol. The molecule has 0 bridgehead atoms. The number of nitrogens with one attached hydrogen (secondary N) is 4. The fraction of sp³-hybridized carbons (Fsp3) is 0.667. The summed E-state index contributed by atoms with van der Waals surface area (Å²) in [6, 6.07) is -6.74. The van der Waals surface area contributed by atoms with Crippen LogP contribution in [0.4, 0.5) is 0 Å². The predicted octanol–water partition coefficient (Wildman–Crippen LogP) is -2.24. The number of nitrogens with zero attached hydrogens (tertiary/aromatic N) is 4. The molecule has 2 aliphatic heterocycles. The molecule has 12 N–H and O–H groups in total. The van der Waals surface area contributed by atoms with Crippen molar-refractivity contribution >= 4 is 47.4 Å². The number of aromatic amines is 1. The van der Waals surface area contributed by atoms with Crippen LogP contribution in [0, 0.1) is 5.92 Å². The van der Waals surface area contributed by atoms with Crippen molar-refractivity contribution < 1.29 is 43.8 Å². The summed E-state index contributed by atoms with van der Waals surface area (Å²) in [6.45, 7) is 4.16. The highest BCUT2D eigenvalue weighted by Gasteiger charge is 2.40. The molecule has 53 heavy (non-hydrogen) atoms. The van der Waals surface area contributed by atoms with Crippen molar-refractivity contribution in [3.05, 3.63) is 18.2 Å². The zero-order valence-electron chi connectivity index (χ0n) is 30.2. The number of guanidine groups is 1. The van der Waals surface area contributed by atoms with Crippen LogP contribution in [-0.4, -0.2) is 133 Å². The molecule has 5 amide bonds. The third kappa shape index (κ3) is 12.7. The Labute approximate surface area is 307 Å². The number of imidazole rings is 1. The lowest BCUT2D eigenvalue weighted by Gasteiger charge is -2.30. The second-order valence-electron chi connectivity index (χ2n) is 13.8. The number of hydrogen-bond acceptors (Lipinski definition) is 10. The summed E-state index contributed by atoms with van der Waals surface area (Å²) in [5.41, 5.74) is 17.7. The van der Waals surface area contributed by atoms with E-state index in [1.807, 2.05) is 0 Å². The highest BCUT2D eigenvalue weighted by Crippen LogP contribution is 2.21. The highest BCUT2D eigenvalue weighted by atomic mass is 16.4. The third-order valence-electron chi connectivity index (χ3n) is 9.15. The number of amides is 5. The lowest BCUT2D eigenvalue weighted by Crippen LogP contribution is -2.59. The summed E-state index contributed by atoms with van der Waals surface area (Å²) in [5, 5.41) is 26.9. The summed E-state index contributed by atoms with van der Waals surface area (Å²) < 4.78 is 0. The van der Waals surface area contributed by atoms with Gasteiger partial charge in [0, 0.05) is 44.4 Å². The predicted molar refractivity (Wildman–Crippen MR) is 189 cm³/mol. The van der Waals surface area contributed by atoms with Gasteiger partial charge in [-0.05, 0) is 57.3 Å². The molecule has 3 heterocycles. The largest absolute Gasteiger partial charge is 0.481 e. The van der Waals surface area contributed by atoms with Crippen LogP contribution in [0.3, 0.4) is 0 Å². The number of carboxylic acid groups (broad SMARTS) is 2. The summed E-state index contributed by atoms with van der Waals surface area (Å²) in [5.74, 6) is -6.01. The maximum Gasteiger partial charge on any atom is 0.326 e. The minimum atomic E-state index is -1.37. The molecule has 0 aliphatic carbocycles. The molecule has 6 atom stereocenters. The number of aliphatic imine (C=N–C) groups is 1. The van der Waals surface area contributed by atoms with Gasteiger partial charge in [-0.1, -0.05) is 13.8 Å². The summed E-state index contributed by atoms with van der Waals surface area (Å²) in [6.07, 6.45) is 4.33. The number of likely N-dealkylation sites (tertiary alicyclic amines) is 2. The van der Waals surface area contributed by atoms with E-state index in [9.17, 15) is 43.8 Å². The van der Waals surface area contributed by atoms with Gasteiger partial charge in [-0.15, -0.1) is 0 Å². The van der Waals surface area contributed by atoms with Crippen LogP contribution in [0.5, 0.6) is 0 Å². The van der Waals surface area contributed by atoms with Crippen molar-refractivity contribution in [1.29, 1.82) is 0 Å². The highest BCUT2D eigenvalue weighted by molar-refractivity contribution is 5.96. The molecule has 3 rings (SSSR count). The molecule has 0 radical (unpaired) electrons. The molecular formula is C33H53N11O9. The number of aromatic nitrogens is 2. The Bertz CT molecular complexity index is 1480. The fourth-order valence-electron chi connectivity index (χ4n) is 6.54. The van der Waals surface area contributed by atoms with Crippen LogP contribution < -0.4 is 33.2 Å². The number of carbonyl (C=O) groups is 7. The van der Waals surface area contributed by atoms with E-state index >= 15 is 0 Å². The van der Waals surface area contributed by atoms with Crippen LogP contribution in [0.25, 0.3) is 0 Å². The zero-order chi connectivity index (χ0) is 39.2. The van der Waals surface area contributed by atoms with Gasteiger partial charge < -0.3 is 58.1 Å². The van der Waals surface area contributed by atoms with Gasteiger partial charge in [0.25, 0.3) is 0 Å². The third-order valence-corrected chi connectivity index (χ3v) is 9.15. The Balaban J connectivity index is 1.78. The number of hydrogen-bond donors (Lipinski definition) is 9. The first-order valence-electron chi connectivity index (χ1n) is 17.8. The number of nitrogens with two attached hydrogens (primary N) is 3. The van der Waals surface area contributed by atoms with Crippen molar-refractivity contribution in [2.24, 2.45) is 28.1 Å². The first-order valence-corrected chi connectivity index (χ1v) is 17.8. The maximum absolute atomic E-state index is 13.9. The molecule has 1 aromatic heterocycles. The standard InChI is InChI=1S/C33H53N11O9/c1-18(2)14-23(28(48)41-22(9-10-26(45)46)31(51)44-13-5-8-25(44)32(52)53)42-27(47)21(6-3-11-38-33(35)36)40-29(49)24-7-4-12-43(24)30(50)20(34)15-19-16-37-17-39-19/h16-18,20-25H,3-15,34H2,1-2H3,(H,37,39)(H,40,49)(H,41,48)(H,42,47)(H,45,46)(H,52,53)(H4,35,36,38)/t20-,21-,22-,23-,24-,25-/m0/s1. The molecule has 1 aromatic rings. The lowest BCUT2D eigenvalue weighted by atomic mass is 10.0. The number of carboxylic acids is 2. The minimum Gasteiger partial charge on any atom is -0.481 e. The van der Waals surface area contributed by atoms with Crippen molar-refractivity contribution in [3.8, 4) is 0 Å². The molecule has 0 saturated carbocycles. The first kappa shape index (κ1) is 42.1. The van der Waals surface area contributed by atoms with Crippen LogP contribution in [0.1, 0.15) is 77.3 Å². The van der Waals surface area contributed by atoms with Crippen LogP contribution in [-0.2, 0) is 40.0 Å². The Morgan fingerprint density at radius 2 is 1.53 bits per heavy atom. The Hall–Kier alpha value is -5.27. The van der Waals surface area contributed by atoms with Gasteiger partial charge in [0.05, 0.1) is 12.4 Å². The fourth-order valence-corrected chi connectivity index (χ4v) is 6.54. The van der Waals surface area contributed by atoms with Crippen LogP contribution in [0.15, 0.2) is 17.5 Å². The molecule has 20 heteroatoms. The topological polar surface area (TPSA) is 322 Å².